The average Bonchev–Trinajstić information content (AvgIpc) is 3.32. The molecule has 2 amide bonds. The first-order valence-corrected chi connectivity index (χ1v) is 10.8. The summed E-state index contributed by atoms with van der Waals surface area (Å²) in [6.07, 6.45) is 3.07. The molecule has 3 rings (SSSR count). The third-order valence-corrected chi connectivity index (χ3v) is 5.16. The number of amides is 2. The van der Waals surface area contributed by atoms with E-state index in [4.69, 9.17) is 9.84 Å². The van der Waals surface area contributed by atoms with Crippen LogP contribution in [-0.2, 0) is 13.6 Å². The second-order valence-corrected chi connectivity index (χ2v) is 8.75. The number of rotatable bonds is 9. The number of aryl methyl sites for hydroxylation is 2. The van der Waals surface area contributed by atoms with Gasteiger partial charge < -0.3 is 25.0 Å². The van der Waals surface area contributed by atoms with Crippen LogP contribution in [0.4, 0.5) is 21.6 Å². The molecule has 0 spiro atoms. The van der Waals surface area contributed by atoms with E-state index in [1.54, 1.807) is 23.9 Å². The lowest BCUT2D eigenvalue weighted by Gasteiger charge is -2.14. The molecule has 3 aromatic rings. The third-order valence-electron chi connectivity index (χ3n) is 4.25. The van der Waals surface area contributed by atoms with Crippen LogP contribution < -0.4 is 20.7 Å². The van der Waals surface area contributed by atoms with Crippen molar-refractivity contribution < 1.29 is 19.4 Å². The number of urea groups is 1. The molecule has 0 bridgehead atoms. The Labute approximate surface area is 189 Å². The van der Waals surface area contributed by atoms with Gasteiger partial charge in [0, 0.05) is 24.3 Å². The molecule has 0 aliphatic carbocycles. The van der Waals surface area contributed by atoms with E-state index in [0.29, 0.717) is 41.6 Å². The van der Waals surface area contributed by atoms with Crippen LogP contribution in [0.5, 0.6) is 5.75 Å². The highest BCUT2D eigenvalue weighted by atomic mass is 32.1. The van der Waals surface area contributed by atoms with Gasteiger partial charge in [-0.3, -0.25) is 5.32 Å². The zero-order valence-corrected chi connectivity index (χ0v) is 19.1. The molecule has 0 aliphatic heterocycles. The fourth-order valence-electron chi connectivity index (χ4n) is 2.71. The van der Waals surface area contributed by atoms with E-state index < -0.39 is 12.0 Å². The number of hydrogen-bond acceptors (Lipinski definition) is 7. The van der Waals surface area contributed by atoms with Gasteiger partial charge in [0.2, 0.25) is 5.95 Å². The number of benzene rings is 1. The predicted molar refractivity (Wildman–Crippen MR) is 124 cm³/mol. The normalized spacial score (nSPS) is 10.8. The molecular weight excluding hydrogens is 432 g/mol. The fourth-order valence-corrected chi connectivity index (χ4v) is 3.45. The quantitative estimate of drug-likeness (QED) is 0.378. The number of carbonyl (C=O) groups excluding carboxylic acids is 1. The smallest absolute Gasteiger partial charge is 0.356 e. The first kappa shape index (κ1) is 23.1. The monoisotopic (exact) mass is 458 g/mol. The van der Waals surface area contributed by atoms with Crippen LogP contribution in [0.3, 0.4) is 0 Å². The minimum absolute atomic E-state index is 0.0359. The first-order valence-electron chi connectivity index (χ1n) is 9.98. The summed E-state index contributed by atoms with van der Waals surface area (Å²) in [5.41, 5.74) is 1.58. The van der Waals surface area contributed by atoms with Crippen LogP contribution in [0.1, 0.15) is 34.8 Å². The Morgan fingerprint density at radius 1 is 1.28 bits per heavy atom. The van der Waals surface area contributed by atoms with Gasteiger partial charge in [-0.25, -0.2) is 19.6 Å². The summed E-state index contributed by atoms with van der Waals surface area (Å²) in [5, 5.41) is 18.0. The van der Waals surface area contributed by atoms with Crippen molar-refractivity contribution in [1.29, 1.82) is 0 Å². The topological polar surface area (TPSA) is 130 Å². The number of thiazole rings is 1. The Bertz CT molecular complexity index is 1110. The van der Waals surface area contributed by atoms with Crippen molar-refractivity contribution in [2.24, 2.45) is 13.0 Å². The second kappa shape index (κ2) is 10.1. The molecule has 0 saturated heterocycles. The van der Waals surface area contributed by atoms with E-state index in [0.717, 1.165) is 10.4 Å². The number of carboxylic acid groups (broad SMARTS) is 1. The first-order chi connectivity index (χ1) is 15.2. The number of hydrogen-bond donors (Lipinski definition) is 4. The highest BCUT2D eigenvalue weighted by Crippen LogP contribution is 2.27. The third kappa shape index (κ3) is 6.20. The highest BCUT2D eigenvalue weighted by Gasteiger charge is 2.13. The van der Waals surface area contributed by atoms with E-state index in [1.165, 1.54) is 17.5 Å². The van der Waals surface area contributed by atoms with E-state index in [-0.39, 0.29) is 5.69 Å². The summed E-state index contributed by atoms with van der Waals surface area (Å²) in [6, 6.07) is 5.17. The van der Waals surface area contributed by atoms with Crippen LogP contribution in [0, 0.1) is 12.8 Å². The molecule has 0 aliphatic rings. The van der Waals surface area contributed by atoms with Crippen molar-refractivity contribution in [2.75, 3.05) is 22.6 Å². The summed E-state index contributed by atoms with van der Waals surface area (Å²) >= 11 is 1.30. The summed E-state index contributed by atoms with van der Waals surface area (Å²) in [7, 11) is 1.70. The zero-order chi connectivity index (χ0) is 23.3. The lowest BCUT2D eigenvalue weighted by molar-refractivity contribution is 0.0691. The predicted octanol–water partition coefficient (Wildman–Crippen LogP) is 4.17. The van der Waals surface area contributed by atoms with Crippen LogP contribution in [0.15, 0.2) is 30.6 Å². The molecule has 170 valence electrons. The maximum absolute atomic E-state index is 12.5. The Balaban J connectivity index is 1.57. The maximum Gasteiger partial charge on any atom is 0.356 e. The maximum atomic E-state index is 12.5. The van der Waals surface area contributed by atoms with Crippen molar-refractivity contribution in [2.45, 2.75) is 27.3 Å². The minimum atomic E-state index is -1.09. The van der Waals surface area contributed by atoms with Gasteiger partial charge in [0.15, 0.2) is 10.8 Å². The van der Waals surface area contributed by atoms with E-state index in [2.05, 4.69) is 39.8 Å². The molecule has 32 heavy (non-hydrogen) atoms. The van der Waals surface area contributed by atoms with E-state index in [1.807, 2.05) is 19.1 Å². The molecular formula is C21H26N6O4S. The summed E-state index contributed by atoms with van der Waals surface area (Å²) in [5.74, 6) is 0.321. The molecule has 0 atom stereocenters. The molecule has 2 aromatic heterocycles. The SMILES string of the molecule is Cc1ccc(NC(=O)Nc2ncc(CNc3nc(C(=O)O)cn3C)s2)c(OCC(C)C)c1. The lowest BCUT2D eigenvalue weighted by Crippen LogP contribution is -2.20. The Morgan fingerprint density at radius 3 is 2.75 bits per heavy atom. The van der Waals surface area contributed by atoms with Crippen molar-refractivity contribution >= 4 is 40.1 Å². The number of aromatic carboxylic acids is 1. The average molecular weight is 459 g/mol. The molecule has 0 unspecified atom stereocenters. The largest absolute Gasteiger partial charge is 0.491 e. The van der Waals surface area contributed by atoms with Crippen LogP contribution in [0.25, 0.3) is 0 Å². The number of ether oxygens (including phenoxy) is 1. The van der Waals surface area contributed by atoms with Crippen molar-refractivity contribution in [3.05, 3.63) is 46.7 Å². The molecule has 10 nitrogen and oxygen atoms in total. The molecule has 0 saturated carbocycles. The molecule has 2 heterocycles. The van der Waals surface area contributed by atoms with Crippen LogP contribution >= 0.6 is 11.3 Å². The Morgan fingerprint density at radius 2 is 2.06 bits per heavy atom. The van der Waals surface area contributed by atoms with E-state index in [9.17, 15) is 9.59 Å². The molecule has 0 fully saturated rings. The number of carbonyl (C=O) groups is 2. The van der Waals surface area contributed by atoms with Gasteiger partial charge in [-0.2, -0.15) is 0 Å². The number of aromatic nitrogens is 3. The van der Waals surface area contributed by atoms with E-state index >= 15 is 0 Å². The van der Waals surface area contributed by atoms with Crippen LogP contribution in [0.2, 0.25) is 0 Å². The molecule has 4 N–H and O–H groups in total. The van der Waals surface area contributed by atoms with Gasteiger partial charge in [0.1, 0.15) is 5.75 Å². The van der Waals surface area contributed by atoms with Gasteiger partial charge in [0.25, 0.3) is 0 Å². The molecule has 11 heteroatoms. The number of anilines is 3. The van der Waals surface area contributed by atoms with Crippen molar-refractivity contribution in [3.8, 4) is 5.75 Å². The summed E-state index contributed by atoms with van der Waals surface area (Å²) < 4.78 is 7.42. The standard InChI is InChI=1S/C21H26N6O4S/c1-12(2)11-31-17-7-13(3)5-6-15(17)25-20(30)26-21-23-9-14(32-21)8-22-19-24-16(18(28)29)10-27(19)4/h5-7,9-10,12H,8,11H2,1-4H3,(H,22,24)(H,28,29)(H2,23,25,26,30). The Hall–Kier alpha value is -3.60. The highest BCUT2D eigenvalue weighted by molar-refractivity contribution is 7.15. The molecule has 0 radical (unpaired) electrons. The van der Waals surface area contributed by atoms with Gasteiger partial charge in [-0.1, -0.05) is 31.3 Å². The minimum Gasteiger partial charge on any atom is -0.491 e. The number of imidazole rings is 1. The summed E-state index contributed by atoms with van der Waals surface area (Å²) in [6.45, 7) is 7.01. The number of carboxylic acids is 1. The lowest BCUT2D eigenvalue weighted by atomic mass is 10.2. The second-order valence-electron chi connectivity index (χ2n) is 7.63. The van der Waals surface area contributed by atoms with Gasteiger partial charge in [-0.15, -0.1) is 0 Å². The van der Waals surface area contributed by atoms with Crippen molar-refractivity contribution in [3.63, 3.8) is 0 Å². The van der Waals surface area contributed by atoms with Gasteiger partial charge in [0.05, 0.1) is 18.8 Å². The molecule has 1 aromatic carbocycles. The van der Waals surface area contributed by atoms with Gasteiger partial charge in [-0.05, 0) is 30.5 Å². The van der Waals surface area contributed by atoms with Gasteiger partial charge >= 0.3 is 12.0 Å². The van der Waals surface area contributed by atoms with Crippen LogP contribution in [-0.4, -0.2) is 38.2 Å². The summed E-state index contributed by atoms with van der Waals surface area (Å²) in [4.78, 5) is 32.5. The number of nitrogens with one attached hydrogen (secondary N) is 3. The number of nitrogens with zero attached hydrogens (tertiary/aromatic N) is 3. The van der Waals surface area contributed by atoms with Crippen molar-refractivity contribution in [1.82, 2.24) is 14.5 Å². The Kier molecular flexibility index (Phi) is 7.31. The zero-order valence-electron chi connectivity index (χ0n) is 18.3. The fraction of sp³-hybridized carbons (Fsp3) is 0.333.